The van der Waals surface area contributed by atoms with Gasteiger partial charge < -0.3 is 15.9 Å². The Bertz CT molecular complexity index is 41.8. The smallest absolute Gasteiger partial charge is 0.204 e. The van der Waals surface area contributed by atoms with Crippen LogP contribution in [0.3, 0.4) is 0 Å². The van der Waals surface area contributed by atoms with Gasteiger partial charge in [0.1, 0.15) is 0 Å². The van der Waals surface area contributed by atoms with Gasteiger partial charge in [-0.15, -0.1) is 6.67 Å². The molecular weight excluding hydrogens is 233 g/mol. The molecule has 0 aliphatic heterocycles. The van der Waals surface area contributed by atoms with Gasteiger partial charge in [0.25, 0.3) is 0 Å². The zero-order valence-electron chi connectivity index (χ0n) is 6.27. The summed E-state index contributed by atoms with van der Waals surface area (Å²) < 4.78 is 4.85. The minimum Gasteiger partial charge on any atom is -0.665 e. The van der Waals surface area contributed by atoms with Crippen molar-refractivity contribution in [2.75, 3.05) is 13.8 Å². The summed E-state index contributed by atoms with van der Waals surface area (Å²) in [5.41, 5.74) is 10.5. The van der Waals surface area contributed by atoms with Gasteiger partial charge in [-0.05, 0) is 13.1 Å². The summed E-state index contributed by atoms with van der Waals surface area (Å²) >= 11 is 0. The first kappa shape index (κ1) is 29.5. The van der Waals surface area contributed by atoms with Crippen molar-refractivity contribution < 1.29 is 37.1 Å². The van der Waals surface area contributed by atoms with Gasteiger partial charge in [-0.25, -0.2) is 0 Å². The van der Waals surface area contributed by atoms with E-state index in [0.717, 1.165) is 0 Å². The summed E-state index contributed by atoms with van der Waals surface area (Å²) in [5, 5.41) is 0. The maximum absolute atomic E-state index is 5.99. The topological polar surface area (TPSA) is 59.0 Å². The van der Waals surface area contributed by atoms with Gasteiger partial charge in [0.2, 0.25) is 9.04 Å². The molecule has 0 heterocycles. The van der Waals surface area contributed by atoms with E-state index in [9.17, 15) is 0 Å². The van der Waals surface area contributed by atoms with Crippen molar-refractivity contribution in [3.63, 3.8) is 0 Å². The van der Waals surface area contributed by atoms with E-state index in [1.165, 1.54) is 0 Å². The zero-order valence-corrected chi connectivity index (χ0v) is 10.1. The Labute approximate surface area is 98.9 Å². The number of rotatable bonds is 1. The van der Waals surface area contributed by atoms with Crippen LogP contribution >= 0.6 is 0 Å². The van der Waals surface area contributed by atoms with Gasteiger partial charge in [0, 0.05) is 39.8 Å². The minimum atomic E-state index is -0.374. The molecule has 0 atom stereocenters. The Morgan fingerprint density at radius 2 is 1.45 bits per heavy atom. The molecule has 0 rings (SSSR count). The molecule has 5 heteroatoms. The number of hydrogen-bond acceptors (Lipinski definition) is 2. The molecule has 0 aliphatic rings. The van der Waals surface area contributed by atoms with Gasteiger partial charge in [0.05, 0.1) is 0 Å². The largest absolute Gasteiger partial charge is 0.665 e. The first-order valence-corrected chi connectivity index (χ1v) is 4.78. The van der Waals surface area contributed by atoms with Gasteiger partial charge in [0.15, 0.2) is 0 Å². The average molecular weight is 255 g/mol. The standard InChI is InChI=1S/C3H9OSi.CH5N2.2CH4.Y/c1-4-5(2)3;2-1-3;;;/h1-3H3;2H,1,3H2;2*1H4;/q;-1;;;. The third-order valence-electron chi connectivity index (χ3n) is 0.408. The third kappa shape index (κ3) is 92.6. The van der Waals surface area contributed by atoms with Gasteiger partial charge in [-0.3, -0.25) is 0 Å². The molecule has 0 aliphatic carbocycles. The van der Waals surface area contributed by atoms with E-state index >= 15 is 0 Å². The summed E-state index contributed by atoms with van der Waals surface area (Å²) in [5.74, 6) is 0. The van der Waals surface area contributed by atoms with Crippen LogP contribution in [0.25, 0.3) is 5.73 Å². The van der Waals surface area contributed by atoms with Gasteiger partial charge >= 0.3 is 0 Å². The fourth-order valence-electron chi connectivity index (χ4n) is 0. The Morgan fingerprint density at radius 3 is 1.45 bits per heavy atom. The molecule has 0 unspecified atom stereocenters. The van der Waals surface area contributed by atoms with Crippen LogP contribution in [0.15, 0.2) is 0 Å². The van der Waals surface area contributed by atoms with Crippen molar-refractivity contribution in [3.05, 3.63) is 5.73 Å². The molecule has 0 aromatic rings. The number of nitrogens with two attached hydrogens (primary N) is 1. The van der Waals surface area contributed by atoms with Gasteiger partial charge in [-0.2, -0.15) is 0 Å². The maximum atomic E-state index is 5.99. The average Bonchev–Trinajstić information content (AvgIpc) is 1.69. The van der Waals surface area contributed by atoms with E-state index < -0.39 is 0 Å². The normalized spacial score (nSPS) is 6.00. The van der Waals surface area contributed by atoms with E-state index in [4.69, 9.17) is 10.2 Å². The summed E-state index contributed by atoms with van der Waals surface area (Å²) in [6.07, 6.45) is 0. The Balaban J connectivity index is -0.0000000183. The van der Waals surface area contributed by atoms with Crippen molar-refractivity contribution in [2.45, 2.75) is 27.9 Å². The van der Waals surface area contributed by atoms with Crippen LogP contribution in [0.5, 0.6) is 0 Å². The van der Waals surface area contributed by atoms with Crippen LogP contribution in [-0.4, -0.2) is 22.8 Å². The molecule has 3 N–H and O–H groups in total. The third-order valence-corrected chi connectivity index (χ3v) is 1.22. The van der Waals surface area contributed by atoms with Crippen LogP contribution in [0.2, 0.25) is 13.1 Å². The molecule has 0 aromatic carbocycles. The van der Waals surface area contributed by atoms with Crippen LogP contribution in [0.4, 0.5) is 0 Å². The van der Waals surface area contributed by atoms with Crippen molar-refractivity contribution in [1.29, 1.82) is 0 Å². The molecule has 0 spiro atoms. The molecule has 0 bridgehead atoms. The van der Waals surface area contributed by atoms with Crippen LogP contribution in [0, 0.1) is 0 Å². The van der Waals surface area contributed by atoms with Crippen molar-refractivity contribution in [2.24, 2.45) is 5.73 Å². The monoisotopic (exact) mass is 255 g/mol. The van der Waals surface area contributed by atoms with Crippen molar-refractivity contribution in [3.8, 4) is 0 Å². The van der Waals surface area contributed by atoms with Crippen LogP contribution < -0.4 is 5.73 Å². The maximum Gasteiger partial charge on any atom is 0.204 e. The van der Waals surface area contributed by atoms with Crippen LogP contribution in [-0.2, 0) is 37.1 Å². The summed E-state index contributed by atoms with van der Waals surface area (Å²) in [7, 11) is 1.37. The van der Waals surface area contributed by atoms with E-state index in [1.807, 2.05) is 0 Å². The predicted octanol–water partition coefficient (Wildman–Crippen LogP) is 2.11. The van der Waals surface area contributed by atoms with Gasteiger partial charge in [-0.1, -0.05) is 14.9 Å². The fourth-order valence-corrected chi connectivity index (χ4v) is 0. The summed E-state index contributed by atoms with van der Waals surface area (Å²) in [6, 6.07) is 0. The van der Waals surface area contributed by atoms with Crippen molar-refractivity contribution in [1.82, 2.24) is 0 Å². The molecule has 11 heavy (non-hydrogen) atoms. The predicted molar refractivity (Wildman–Crippen MR) is 51.3 cm³/mol. The van der Waals surface area contributed by atoms with E-state index in [0.29, 0.717) is 0 Å². The second-order valence-electron chi connectivity index (χ2n) is 1.32. The SMILES string of the molecule is C.C.CO[Si](C)C.[NH-]CN.[Y]. The first-order chi connectivity index (χ1) is 3.68. The molecule has 0 fully saturated rings. The van der Waals surface area contributed by atoms with E-state index in [-0.39, 0.29) is 63.3 Å². The molecule has 0 amide bonds. The molecule has 70 valence electrons. The summed E-state index contributed by atoms with van der Waals surface area (Å²) in [4.78, 5) is 0. The van der Waals surface area contributed by atoms with Crippen molar-refractivity contribution >= 4 is 9.04 Å². The second kappa shape index (κ2) is 30.3. The molecule has 0 aromatic heterocycles. The molecule has 3 nitrogen and oxygen atoms in total. The zero-order chi connectivity index (χ0) is 6.99. The Kier molecular flexibility index (Phi) is 81.3. The molecule has 0 saturated heterocycles. The first-order valence-electron chi connectivity index (χ1n) is 2.37. The molecule has 0 saturated carbocycles. The molecular formula is C6H22N2OSiY-. The molecule has 2 radical (unpaired) electrons. The van der Waals surface area contributed by atoms with E-state index in [1.54, 1.807) is 7.11 Å². The quantitative estimate of drug-likeness (QED) is 0.729. The second-order valence-corrected chi connectivity index (χ2v) is 3.54. The fraction of sp³-hybridized carbons (Fsp3) is 1.00. The van der Waals surface area contributed by atoms with Crippen LogP contribution in [0.1, 0.15) is 14.9 Å². The van der Waals surface area contributed by atoms with E-state index in [2.05, 4.69) is 18.8 Å². The summed E-state index contributed by atoms with van der Waals surface area (Å²) in [6.45, 7) is 4.20. The number of hydrogen-bond donors (Lipinski definition) is 1. The number of nitrogens with one attached hydrogen (secondary N) is 1. The minimum absolute atomic E-state index is 0. The Morgan fingerprint density at radius 1 is 1.36 bits per heavy atom. The Hall–Kier alpha value is 1.20.